The van der Waals surface area contributed by atoms with Gasteiger partial charge in [-0.1, -0.05) is 43.3 Å². The smallest absolute Gasteiger partial charge is 0.241 e. The third kappa shape index (κ3) is 4.41. The fourth-order valence-corrected chi connectivity index (χ4v) is 2.49. The van der Waals surface area contributed by atoms with Crippen molar-refractivity contribution in [2.45, 2.75) is 45.2 Å². The Hall–Kier alpha value is -2.21. The second kappa shape index (κ2) is 7.13. The van der Waals surface area contributed by atoms with E-state index in [9.17, 15) is 4.79 Å². The summed E-state index contributed by atoms with van der Waals surface area (Å²) in [6.07, 6.45) is 2.19. The quantitative estimate of drug-likeness (QED) is 0.846. The summed E-state index contributed by atoms with van der Waals surface area (Å²) in [4.78, 5) is 18.1. The summed E-state index contributed by atoms with van der Waals surface area (Å²) in [6.45, 7) is 5.11. The van der Waals surface area contributed by atoms with E-state index in [0.717, 1.165) is 18.4 Å². The molecular weight excluding hydrogens is 304 g/mol. The zero-order valence-electron chi connectivity index (χ0n) is 14.5. The Bertz CT molecular complexity index is 689. The molecule has 24 heavy (non-hydrogen) atoms. The number of carbonyl (C=O) groups is 1. The van der Waals surface area contributed by atoms with Crippen molar-refractivity contribution in [3.63, 3.8) is 0 Å². The Balaban J connectivity index is 1.57. The average molecular weight is 328 g/mol. The van der Waals surface area contributed by atoms with Crippen molar-refractivity contribution in [1.82, 2.24) is 20.4 Å². The van der Waals surface area contributed by atoms with Gasteiger partial charge in [-0.05, 0) is 31.4 Å². The first-order valence-corrected chi connectivity index (χ1v) is 8.42. The Labute approximate surface area is 142 Å². The van der Waals surface area contributed by atoms with Crippen molar-refractivity contribution in [3.8, 4) is 11.4 Å². The first-order chi connectivity index (χ1) is 11.5. The van der Waals surface area contributed by atoms with Gasteiger partial charge in [0.25, 0.3) is 0 Å². The third-order valence-corrected chi connectivity index (χ3v) is 4.06. The Kier molecular flexibility index (Phi) is 4.94. The van der Waals surface area contributed by atoms with Gasteiger partial charge in [-0.3, -0.25) is 9.69 Å². The number of hydrogen-bond donors (Lipinski definition) is 1. The lowest BCUT2D eigenvalue weighted by atomic mass is 10.0. The molecular formula is C18H24N4O2. The minimum absolute atomic E-state index is 0.0454. The highest BCUT2D eigenvalue weighted by atomic mass is 16.5. The van der Waals surface area contributed by atoms with E-state index in [0.29, 0.717) is 36.8 Å². The number of rotatable bonds is 7. The molecule has 128 valence electrons. The minimum Gasteiger partial charge on any atom is -0.352 e. The Morgan fingerprint density at radius 1 is 1.33 bits per heavy atom. The van der Waals surface area contributed by atoms with Crippen LogP contribution in [0.15, 0.2) is 28.8 Å². The largest absolute Gasteiger partial charge is 0.352 e. The van der Waals surface area contributed by atoms with Crippen LogP contribution in [0.1, 0.15) is 44.1 Å². The number of carbonyl (C=O) groups excluding carboxylic acids is 1. The van der Waals surface area contributed by atoms with Crippen LogP contribution in [0.2, 0.25) is 0 Å². The number of nitrogens with one attached hydrogen (secondary N) is 1. The Morgan fingerprint density at radius 3 is 2.67 bits per heavy atom. The molecule has 1 N–H and O–H groups in total. The molecule has 6 nitrogen and oxygen atoms in total. The fourth-order valence-electron chi connectivity index (χ4n) is 2.49. The second-order valence-corrected chi connectivity index (χ2v) is 6.80. The summed E-state index contributed by atoms with van der Waals surface area (Å²) in [5.41, 5.74) is 2.22. The van der Waals surface area contributed by atoms with Gasteiger partial charge in [-0.15, -0.1) is 0 Å². The predicted octanol–water partition coefficient (Wildman–Crippen LogP) is 2.57. The Morgan fingerprint density at radius 2 is 2.04 bits per heavy atom. The fraction of sp³-hybridized carbons (Fsp3) is 0.500. The standard InChI is InChI=1S/C18H24N4O2/c1-12(2)13-4-6-14(7-5-13)18-20-17(24-21-18)11-22(3)10-16(23)19-15-8-9-15/h4-7,12,15H,8-11H2,1-3H3,(H,19,23). The molecule has 1 heterocycles. The molecule has 1 aliphatic rings. The minimum atomic E-state index is 0.0454. The van der Waals surface area contributed by atoms with Crippen molar-refractivity contribution >= 4 is 5.91 Å². The molecule has 1 aromatic carbocycles. The third-order valence-electron chi connectivity index (χ3n) is 4.06. The normalized spacial score (nSPS) is 14.4. The number of likely N-dealkylation sites (N-methyl/N-ethyl adjacent to an activating group) is 1. The van der Waals surface area contributed by atoms with E-state index >= 15 is 0 Å². The molecule has 3 rings (SSSR count). The molecule has 1 saturated carbocycles. The van der Waals surface area contributed by atoms with E-state index in [1.165, 1.54) is 5.56 Å². The lowest BCUT2D eigenvalue weighted by molar-refractivity contribution is -0.122. The van der Waals surface area contributed by atoms with Gasteiger partial charge in [0.1, 0.15) is 0 Å². The van der Waals surface area contributed by atoms with Crippen LogP contribution in [0.3, 0.4) is 0 Å². The molecule has 1 aromatic heterocycles. The summed E-state index contributed by atoms with van der Waals surface area (Å²) in [5, 5.41) is 7.01. The molecule has 2 aromatic rings. The molecule has 0 spiro atoms. The highest BCUT2D eigenvalue weighted by Crippen LogP contribution is 2.21. The maximum atomic E-state index is 11.8. The number of nitrogens with zero attached hydrogens (tertiary/aromatic N) is 3. The highest BCUT2D eigenvalue weighted by Gasteiger charge is 2.23. The maximum absolute atomic E-state index is 11.8. The van der Waals surface area contributed by atoms with E-state index in [2.05, 4.69) is 41.4 Å². The van der Waals surface area contributed by atoms with Crippen LogP contribution >= 0.6 is 0 Å². The lowest BCUT2D eigenvalue weighted by Gasteiger charge is -2.13. The predicted molar refractivity (Wildman–Crippen MR) is 91.3 cm³/mol. The van der Waals surface area contributed by atoms with Gasteiger partial charge in [0, 0.05) is 11.6 Å². The first-order valence-electron chi connectivity index (χ1n) is 8.42. The van der Waals surface area contributed by atoms with Crippen molar-refractivity contribution in [2.75, 3.05) is 13.6 Å². The van der Waals surface area contributed by atoms with Gasteiger partial charge in [0.15, 0.2) is 0 Å². The number of aromatic nitrogens is 2. The summed E-state index contributed by atoms with van der Waals surface area (Å²) in [7, 11) is 1.87. The molecule has 0 bridgehead atoms. The van der Waals surface area contributed by atoms with E-state index < -0.39 is 0 Å². The second-order valence-electron chi connectivity index (χ2n) is 6.80. The monoisotopic (exact) mass is 328 g/mol. The summed E-state index contributed by atoms with van der Waals surface area (Å²) < 4.78 is 5.31. The summed E-state index contributed by atoms with van der Waals surface area (Å²) >= 11 is 0. The molecule has 1 aliphatic carbocycles. The van der Waals surface area contributed by atoms with Gasteiger partial charge < -0.3 is 9.84 Å². The van der Waals surface area contributed by atoms with Crippen LogP contribution in [-0.4, -0.2) is 40.6 Å². The van der Waals surface area contributed by atoms with E-state index in [1.54, 1.807) is 0 Å². The summed E-state index contributed by atoms with van der Waals surface area (Å²) in [6, 6.07) is 8.58. The van der Waals surface area contributed by atoms with Gasteiger partial charge in [-0.2, -0.15) is 4.98 Å². The van der Waals surface area contributed by atoms with Gasteiger partial charge in [-0.25, -0.2) is 0 Å². The van der Waals surface area contributed by atoms with E-state index in [-0.39, 0.29) is 5.91 Å². The van der Waals surface area contributed by atoms with Crippen LogP contribution in [0, 0.1) is 0 Å². The first kappa shape index (κ1) is 16.6. The zero-order chi connectivity index (χ0) is 17.1. The van der Waals surface area contributed by atoms with Crippen molar-refractivity contribution < 1.29 is 9.32 Å². The lowest BCUT2D eigenvalue weighted by Crippen LogP contribution is -2.35. The zero-order valence-corrected chi connectivity index (χ0v) is 14.5. The van der Waals surface area contributed by atoms with Crippen LogP contribution in [0.5, 0.6) is 0 Å². The van der Waals surface area contributed by atoms with Crippen LogP contribution in [0.4, 0.5) is 0 Å². The van der Waals surface area contributed by atoms with E-state index in [4.69, 9.17) is 4.52 Å². The number of benzene rings is 1. The molecule has 6 heteroatoms. The van der Waals surface area contributed by atoms with Gasteiger partial charge in [0.05, 0.1) is 13.1 Å². The van der Waals surface area contributed by atoms with Crippen molar-refractivity contribution in [3.05, 3.63) is 35.7 Å². The number of hydrogen-bond acceptors (Lipinski definition) is 5. The van der Waals surface area contributed by atoms with Gasteiger partial charge >= 0.3 is 0 Å². The molecule has 0 atom stereocenters. The SMILES string of the molecule is CC(C)c1ccc(-c2noc(CN(C)CC(=O)NC3CC3)n2)cc1. The average Bonchev–Trinajstić information content (AvgIpc) is 3.22. The van der Waals surface area contributed by atoms with E-state index in [1.807, 2.05) is 24.1 Å². The molecule has 0 unspecified atom stereocenters. The number of amides is 1. The molecule has 0 aliphatic heterocycles. The van der Waals surface area contributed by atoms with Crippen molar-refractivity contribution in [2.24, 2.45) is 0 Å². The summed E-state index contributed by atoms with van der Waals surface area (Å²) in [5.74, 6) is 1.63. The molecule has 0 saturated heterocycles. The maximum Gasteiger partial charge on any atom is 0.241 e. The molecule has 1 amide bonds. The van der Waals surface area contributed by atoms with Crippen LogP contribution in [0.25, 0.3) is 11.4 Å². The topological polar surface area (TPSA) is 71.3 Å². The highest BCUT2D eigenvalue weighted by molar-refractivity contribution is 5.78. The van der Waals surface area contributed by atoms with Crippen LogP contribution < -0.4 is 5.32 Å². The van der Waals surface area contributed by atoms with Crippen LogP contribution in [-0.2, 0) is 11.3 Å². The van der Waals surface area contributed by atoms with Crippen molar-refractivity contribution in [1.29, 1.82) is 0 Å². The molecule has 1 fully saturated rings. The molecule has 0 radical (unpaired) electrons. The van der Waals surface area contributed by atoms with Gasteiger partial charge in [0.2, 0.25) is 17.6 Å².